The summed E-state index contributed by atoms with van der Waals surface area (Å²) in [4.78, 5) is 25.0. The van der Waals surface area contributed by atoms with Gasteiger partial charge in [-0.25, -0.2) is 0 Å². The number of carbonyl (C=O) groups is 2. The third-order valence-corrected chi connectivity index (χ3v) is 12.2. The number of rotatable bonds is 44. The van der Waals surface area contributed by atoms with Gasteiger partial charge < -0.3 is 45.1 Å². The van der Waals surface area contributed by atoms with Gasteiger partial charge in [-0.05, 0) is 84.0 Å². The lowest BCUT2D eigenvalue weighted by molar-refractivity contribution is -0.302. The molecular formula is C54H97NO10. The number of allylic oxidation sites excluding steroid dienone is 7. The molecule has 1 aliphatic heterocycles. The van der Waals surface area contributed by atoms with Crippen molar-refractivity contribution in [3.05, 3.63) is 48.6 Å². The van der Waals surface area contributed by atoms with Crippen molar-refractivity contribution in [2.45, 2.75) is 262 Å². The highest BCUT2D eigenvalue weighted by molar-refractivity contribution is 5.76. The normalized spacial score (nSPS) is 20.1. The molecule has 0 aromatic carbocycles. The van der Waals surface area contributed by atoms with Gasteiger partial charge in [0.1, 0.15) is 24.4 Å². The number of esters is 1. The molecule has 0 aromatic heterocycles. The highest BCUT2D eigenvalue weighted by Crippen LogP contribution is 2.23. The Bertz CT molecular complexity index is 1220. The van der Waals surface area contributed by atoms with Crippen LogP contribution in [0.5, 0.6) is 0 Å². The van der Waals surface area contributed by atoms with Crippen LogP contribution < -0.4 is 5.32 Å². The molecule has 7 unspecified atom stereocenters. The van der Waals surface area contributed by atoms with E-state index in [0.717, 1.165) is 89.9 Å². The molecular weight excluding hydrogens is 823 g/mol. The zero-order valence-corrected chi connectivity index (χ0v) is 41.2. The van der Waals surface area contributed by atoms with Crippen LogP contribution >= 0.6 is 0 Å². The highest BCUT2D eigenvalue weighted by Gasteiger charge is 2.44. The summed E-state index contributed by atoms with van der Waals surface area (Å²) in [5.74, 6) is -0.273. The Morgan fingerprint density at radius 2 is 1.06 bits per heavy atom. The molecule has 1 aliphatic rings. The maximum Gasteiger partial charge on any atom is 0.305 e. The fourth-order valence-corrected chi connectivity index (χ4v) is 8.00. The second-order valence-corrected chi connectivity index (χ2v) is 18.2. The van der Waals surface area contributed by atoms with Gasteiger partial charge in [-0.3, -0.25) is 9.59 Å². The van der Waals surface area contributed by atoms with E-state index in [-0.39, 0.29) is 18.5 Å². The zero-order valence-electron chi connectivity index (χ0n) is 41.2. The standard InChI is InChI=1S/C54H97NO10/c1-3-5-7-9-11-13-14-15-16-17-18-22-26-30-34-38-42-50(59)63-43-39-35-31-27-23-20-19-21-25-29-33-37-41-49(58)55-46(47(57)40-36-32-28-24-12-10-8-6-4-2)45-64-54-53(62)52(61)51(60)48(44-56)65-54/h4,6,12,20,23-24,36,40,46-48,51-54,56-57,60-62H,3,5,7-11,13-19,21-22,25-35,37-39,41-45H2,1-2H3,(H,55,58)/b6-4+,23-20-,24-12+,40-36+. The number of amides is 1. The van der Waals surface area contributed by atoms with Gasteiger partial charge in [0.05, 0.1) is 32.0 Å². The van der Waals surface area contributed by atoms with E-state index in [4.69, 9.17) is 14.2 Å². The van der Waals surface area contributed by atoms with Gasteiger partial charge in [-0.2, -0.15) is 0 Å². The van der Waals surface area contributed by atoms with Crippen molar-refractivity contribution >= 4 is 11.9 Å². The molecule has 1 saturated heterocycles. The molecule has 0 aromatic rings. The number of aliphatic hydroxyl groups excluding tert-OH is 5. The molecule has 6 N–H and O–H groups in total. The predicted octanol–water partition coefficient (Wildman–Crippen LogP) is 10.9. The number of nitrogens with one attached hydrogen (secondary N) is 1. The third kappa shape index (κ3) is 34.6. The molecule has 0 spiro atoms. The first-order valence-electron chi connectivity index (χ1n) is 26.4. The Hall–Kier alpha value is -2.38. The largest absolute Gasteiger partial charge is 0.466 e. The summed E-state index contributed by atoms with van der Waals surface area (Å²) in [6.07, 6.45) is 43.7. The molecule has 1 heterocycles. The van der Waals surface area contributed by atoms with Crippen LogP contribution in [0.1, 0.15) is 219 Å². The highest BCUT2D eigenvalue weighted by atomic mass is 16.7. The molecule has 0 aliphatic carbocycles. The topological polar surface area (TPSA) is 175 Å². The zero-order chi connectivity index (χ0) is 47.4. The second-order valence-electron chi connectivity index (χ2n) is 18.2. The second kappa shape index (κ2) is 44.1. The Morgan fingerprint density at radius 1 is 0.585 bits per heavy atom. The lowest BCUT2D eigenvalue weighted by atomic mass is 9.99. The minimum Gasteiger partial charge on any atom is -0.466 e. The van der Waals surface area contributed by atoms with Crippen molar-refractivity contribution < 1.29 is 49.3 Å². The average Bonchev–Trinajstić information content (AvgIpc) is 3.30. The van der Waals surface area contributed by atoms with Crippen molar-refractivity contribution in [2.24, 2.45) is 0 Å². The summed E-state index contributed by atoms with van der Waals surface area (Å²) < 4.78 is 16.6. The molecule has 1 rings (SSSR count). The van der Waals surface area contributed by atoms with E-state index in [1.165, 1.54) is 89.9 Å². The lowest BCUT2D eigenvalue weighted by Gasteiger charge is -2.40. The van der Waals surface area contributed by atoms with Crippen LogP contribution in [0.3, 0.4) is 0 Å². The number of ether oxygens (including phenoxy) is 3. The average molecular weight is 920 g/mol. The fourth-order valence-electron chi connectivity index (χ4n) is 8.00. The van der Waals surface area contributed by atoms with Gasteiger partial charge in [0, 0.05) is 12.8 Å². The number of aliphatic hydroxyl groups is 5. The van der Waals surface area contributed by atoms with Crippen molar-refractivity contribution in [1.82, 2.24) is 5.32 Å². The molecule has 11 nitrogen and oxygen atoms in total. The number of carbonyl (C=O) groups excluding carboxylic acids is 2. The van der Waals surface area contributed by atoms with E-state index in [1.807, 2.05) is 19.1 Å². The Balaban J connectivity index is 2.13. The van der Waals surface area contributed by atoms with E-state index in [0.29, 0.717) is 32.3 Å². The first kappa shape index (κ1) is 60.6. The van der Waals surface area contributed by atoms with Gasteiger partial charge in [-0.15, -0.1) is 0 Å². The van der Waals surface area contributed by atoms with Crippen LogP contribution in [0, 0.1) is 0 Å². The van der Waals surface area contributed by atoms with Gasteiger partial charge in [0.15, 0.2) is 6.29 Å². The molecule has 7 atom stereocenters. The molecule has 1 fully saturated rings. The van der Waals surface area contributed by atoms with Gasteiger partial charge in [0.2, 0.25) is 5.91 Å². The smallest absolute Gasteiger partial charge is 0.305 e. The van der Waals surface area contributed by atoms with Crippen molar-refractivity contribution in [1.29, 1.82) is 0 Å². The predicted molar refractivity (Wildman–Crippen MR) is 264 cm³/mol. The van der Waals surface area contributed by atoms with Crippen molar-refractivity contribution in [2.75, 3.05) is 19.8 Å². The molecule has 0 saturated carbocycles. The van der Waals surface area contributed by atoms with Crippen LogP contribution in [-0.2, 0) is 23.8 Å². The van der Waals surface area contributed by atoms with Crippen LogP contribution in [0.4, 0.5) is 0 Å². The number of hydrogen-bond acceptors (Lipinski definition) is 10. The SMILES string of the molecule is C/C=C/CC/C=C/CC/C=C/C(O)C(COC1OC(CO)C(O)C(O)C1O)NC(=O)CCCCCCC/C=C\CCCCCOC(=O)CCCCCCCCCCCCCCCCCC. The molecule has 378 valence electrons. The minimum absolute atomic E-state index is 0.0466. The number of hydrogen-bond donors (Lipinski definition) is 6. The van der Waals surface area contributed by atoms with E-state index >= 15 is 0 Å². The van der Waals surface area contributed by atoms with Gasteiger partial charge in [-0.1, -0.05) is 171 Å². The Labute approximate surface area is 396 Å². The van der Waals surface area contributed by atoms with Crippen LogP contribution in [0.25, 0.3) is 0 Å². The monoisotopic (exact) mass is 920 g/mol. The Kier molecular flexibility index (Phi) is 41.2. The first-order chi connectivity index (χ1) is 31.7. The summed E-state index contributed by atoms with van der Waals surface area (Å²) in [5.41, 5.74) is 0. The Morgan fingerprint density at radius 3 is 1.62 bits per heavy atom. The van der Waals surface area contributed by atoms with E-state index in [1.54, 1.807) is 6.08 Å². The maximum absolute atomic E-state index is 12.9. The van der Waals surface area contributed by atoms with Gasteiger partial charge in [0.25, 0.3) is 0 Å². The third-order valence-electron chi connectivity index (χ3n) is 12.2. The summed E-state index contributed by atoms with van der Waals surface area (Å²) in [6.45, 7) is 3.99. The quantitative estimate of drug-likeness (QED) is 0.0196. The lowest BCUT2D eigenvalue weighted by Crippen LogP contribution is -2.60. The first-order valence-corrected chi connectivity index (χ1v) is 26.4. The van der Waals surface area contributed by atoms with Crippen molar-refractivity contribution in [3.63, 3.8) is 0 Å². The molecule has 0 radical (unpaired) electrons. The summed E-state index contributed by atoms with van der Waals surface area (Å²) >= 11 is 0. The molecule has 11 heteroatoms. The fraction of sp³-hybridized carbons (Fsp3) is 0.815. The van der Waals surface area contributed by atoms with E-state index in [2.05, 4.69) is 42.6 Å². The van der Waals surface area contributed by atoms with Crippen LogP contribution in [0.15, 0.2) is 48.6 Å². The molecule has 1 amide bonds. The van der Waals surface area contributed by atoms with Crippen molar-refractivity contribution in [3.8, 4) is 0 Å². The molecule has 0 bridgehead atoms. The van der Waals surface area contributed by atoms with E-state index < -0.39 is 49.5 Å². The maximum atomic E-state index is 12.9. The number of unbranched alkanes of at least 4 members (excludes halogenated alkanes) is 25. The van der Waals surface area contributed by atoms with E-state index in [9.17, 15) is 35.1 Å². The van der Waals surface area contributed by atoms with Crippen LogP contribution in [0.2, 0.25) is 0 Å². The summed E-state index contributed by atoms with van der Waals surface area (Å²) in [7, 11) is 0. The minimum atomic E-state index is -1.59. The summed E-state index contributed by atoms with van der Waals surface area (Å²) in [6, 6.07) is -0.852. The van der Waals surface area contributed by atoms with Crippen LogP contribution in [-0.4, -0.2) is 100 Å². The van der Waals surface area contributed by atoms with Gasteiger partial charge >= 0.3 is 5.97 Å². The summed E-state index contributed by atoms with van der Waals surface area (Å²) in [5, 5.41) is 54.0. The molecule has 65 heavy (non-hydrogen) atoms.